The van der Waals surface area contributed by atoms with Gasteiger partial charge in [-0.1, -0.05) is 30.3 Å². The van der Waals surface area contributed by atoms with E-state index >= 15 is 0 Å². The average molecular weight is 222 g/mol. The summed E-state index contributed by atoms with van der Waals surface area (Å²) in [5.74, 6) is -0.231. The van der Waals surface area contributed by atoms with E-state index in [4.69, 9.17) is 10.8 Å². The summed E-state index contributed by atoms with van der Waals surface area (Å²) < 4.78 is 0. The fraction of sp³-hybridized carbons (Fsp3) is 0.417. The maximum atomic E-state index is 11.6. The van der Waals surface area contributed by atoms with E-state index in [0.29, 0.717) is 6.42 Å². The van der Waals surface area contributed by atoms with Crippen LogP contribution >= 0.6 is 0 Å². The third-order valence-corrected chi connectivity index (χ3v) is 2.30. The Morgan fingerprint density at radius 3 is 2.62 bits per heavy atom. The molecule has 0 unspecified atom stereocenters. The molecule has 1 aromatic carbocycles. The molecule has 0 aliphatic rings. The predicted molar refractivity (Wildman–Crippen MR) is 62.8 cm³/mol. The fourth-order valence-electron chi connectivity index (χ4n) is 1.36. The van der Waals surface area contributed by atoms with E-state index in [0.717, 1.165) is 5.56 Å². The van der Waals surface area contributed by atoms with Crippen LogP contribution in [0.2, 0.25) is 0 Å². The average Bonchev–Trinajstić information content (AvgIpc) is 2.30. The fourth-order valence-corrected chi connectivity index (χ4v) is 1.36. The van der Waals surface area contributed by atoms with Gasteiger partial charge in [-0.05, 0) is 18.9 Å². The second-order valence-electron chi connectivity index (χ2n) is 3.89. The molecule has 1 aromatic rings. The number of hydrogen-bond acceptors (Lipinski definition) is 3. The first-order valence-corrected chi connectivity index (χ1v) is 5.34. The van der Waals surface area contributed by atoms with Crippen LogP contribution in [0.3, 0.4) is 0 Å². The third-order valence-electron chi connectivity index (χ3n) is 2.30. The first kappa shape index (κ1) is 12.7. The zero-order valence-electron chi connectivity index (χ0n) is 9.39. The summed E-state index contributed by atoms with van der Waals surface area (Å²) in [6.45, 7) is 1.65. The summed E-state index contributed by atoms with van der Waals surface area (Å²) in [4.78, 5) is 11.6. The van der Waals surface area contributed by atoms with E-state index in [-0.39, 0.29) is 18.6 Å². The molecule has 1 rings (SSSR count). The van der Waals surface area contributed by atoms with Crippen LogP contribution < -0.4 is 11.1 Å². The number of nitrogens with one attached hydrogen (secondary N) is 1. The van der Waals surface area contributed by atoms with Crippen LogP contribution in [-0.2, 0) is 11.2 Å². The molecule has 4 heteroatoms. The van der Waals surface area contributed by atoms with E-state index in [1.54, 1.807) is 6.92 Å². The molecule has 0 saturated heterocycles. The zero-order valence-corrected chi connectivity index (χ0v) is 9.39. The topological polar surface area (TPSA) is 75.3 Å². The lowest BCUT2D eigenvalue weighted by atomic mass is 10.1. The first-order chi connectivity index (χ1) is 7.63. The molecule has 0 saturated carbocycles. The van der Waals surface area contributed by atoms with Crippen LogP contribution in [0, 0.1) is 0 Å². The van der Waals surface area contributed by atoms with Crippen molar-refractivity contribution < 1.29 is 9.90 Å². The molecule has 4 N–H and O–H groups in total. The van der Waals surface area contributed by atoms with E-state index in [2.05, 4.69) is 5.32 Å². The lowest BCUT2D eigenvalue weighted by Gasteiger charge is -2.15. The first-order valence-electron chi connectivity index (χ1n) is 5.34. The van der Waals surface area contributed by atoms with Crippen molar-refractivity contribution in [3.05, 3.63) is 35.9 Å². The van der Waals surface area contributed by atoms with E-state index < -0.39 is 6.04 Å². The Morgan fingerprint density at radius 2 is 2.06 bits per heavy atom. The Bertz CT molecular complexity index is 327. The van der Waals surface area contributed by atoms with E-state index in [9.17, 15) is 4.79 Å². The maximum absolute atomic E-state index is 11.6. The molecular weight excluding hydrogens is 204 g/mol. The molecule has 2 atom stereocenters. The molecule has 0 fully saturated rings. The molecule has 0 heterocycles. The SMILES string of the molecule is C[C@H](CO)NC(=O)[C@@H](N)Cc1ccccc1. The van der Waals surface area contributed by atoms with E-state index in [1.807, 2.05) is 30.3 Å². The van der Waals surface area contributed by atoms with Crippen molar-refractivity contribution in [2.45, 2.75) is 25.4 Å². The van der Waals surface area contributed by atoms with Gasteiger partial charge in [0.05, 0.1) is 12.6 Å². The van der Waals surface area contributed by atoms with Crippen LogP contribution in [0.15, 0.2) is 30.3 Å². The highest BCUT2D eigenvalue weighted by molar-refractivity contribution is 5.82. The number of nitrogens with two attached hydrogens (primary N) is 1. The van der Waals surface area contributed by atoms with Crippen molar-refractivity contribution in [3.8, 4) is 0 Å². The molecule has 0 aromatic heterocycles. The number of aliphatic hydroxyl groups is 1. The van der Waals surface area contributed by atoms with Gasteiger partial charge >= 0.3 is 0 Å². The highest BCUT2D eigenvalue weighted by Crippen LogP contribution is 2.01. The Kier molecular flexibility index (Phi) is 4.95. The summed E-state index contributed by atoms with van der Waals surface area (Å²) in [6, 6.07) is 8.78. The van der Waals surface area contributed by atoms with Crippen molar-refractivity contribution >= 4 is 5.91 Å². The second-order valence-corrected chi connectivity index (χ2v) is 3.89. The van der Waals surface area contributed by atoms with Crippen molar-refractivity contribution in [2.24, 2.45) is 5.73 Å². The molecular formula is C12H18N2O2. The monoisotopic (exact) mass is 222 g/mol. The summed E-state index contributed by atoms with van der Waals surface area (Å²) >= 11 is 0. The lowest BCUT2D eigenvalue weighted by molar-refractivity contribution is -0.123. The summed E-state index contributed by atoms with van der Waals surface area (Å²) in [7, 11) is 0. The number of aliphatic hydroxyl groups excluding tert-OH is 1. The Hall–Kier alpha value is -1.39. The van der Waals surface area contributed by atoms with Crippen molar-refractivity contribution in [2.75, 3.05) is 6.61 Å². The number of rotatable bonds is 5. The van der Waals surface area contributed by atoms with Gasteiger partial charge < -0.3 is 16.2 Å². The van der Waals surface area contributed by atoms with Crippen molar-refractivity contribution in [1.29, 1.82) is 0 Å². The van der Waals surface area contributed by atoms with Gasteiger partial charge in [0.1, 0.15) is 0 Å². The summed E-state index contributed by atoms with van der Waals surface area (Å²) in [5.41, 5.74) is 6.79. The third kappa shape index (κ3) is 4.00. The van der Waals surface area contributed by atoms with Crippen molar-refractivity contribution in [1.82, 2.24) is 5.32 Å². The van der Waals surface area contributed by atoms with Gasteiger partial charge in [0, 0.05) is 6.04 Å². The zero-order chi connectivity index (χ0) is 12.0. The van der Waals surface area contributed by atoms with E-state index in [1.165, 1.54) is 0 Å². The number of hydrogen-bond donors (Lipinski definition) is 3. The highest BCUT2D eigenvalue weighted by atomic mass is 16.3. The van der Waals surface area contributed by atoms with Gasteiger partial charge in [0.25, 0.3) is 0 Å². The molecule has 88 valence electrons. The van der Waals surface area contributed by atoms with Gasteiger partial charge in [0.15, 0.2) is 0 Å². The molecule has 0 spiro atoms. The highest BCUT2D eigenvalue weighted by Gasteiger charge is 2.15. The maximum Gasteiger partial charge on any atom is 0.237 e. The van der Waals surface area contributed by atoms with Crippen LogP contribution in [0.1, 0.15) is 12.5 Å². The molecule has 4 nitrogen and oxygen atoms in total. The summed E-state index contributed by atoms with van der Waals surface area (Å²) in [5, 5.41) is 11.4. The number of amides is 1. The predicted octanol–water partition coefficient (Wildman–Crippen LogP) is 0.0534. The Morgan fingerprint density at radius 1 is 1.44 bits per heavy atom. The van der Waals surface area contributed by atoms with Crippen LogP contribution in [0.25, 0.3) is 0 Å². The van der Waals surface area contributed by atoms with Gasteiger partial charge in [0.2, 0.25) is 5.91 Å². The van der Waals surface area contributed by atoms with Gasteiger partial charge in [-0.15, -0.1) is 0 Å². The molecule has 0 bridgehead atoms. The van der Waals surface area contributed by atoms with Gasteiger partial charge in [-0.2, -0.15) is 0 Å². The molecule has 0 aliphatic carbocycles. The minimum Gasteiger partial charge on any atom is -0.394 e. The number of benzene rings is 1. The Balaban J connectivity index is 2.46. The smallest absolute Gasteiger partial charge is 0.237 e. The molecule has 0 aliphatic heterocycles. The van der Waals surface area contributed by atoms with Crippen LogP contribution in [-0.4, -0.2) is 29.7 Å². The molecule has 1 amide bonds. The number of carbonyl (C=O) groups excluding carboxylic acids is 1. The minimum absolute atomic E-state index is 0.0796. The summed E-state index contributed by atoms with van der Waals surface area (Å²) in [6.07, 6.45) is 0.505. The number of carbonyl (C=O) groups is 1. The van der Waals surface area contributed by atoms with Crippen LogP contribution in [0.5, 0.6) is 0 Å². The second kappa shape index (κ2) is 6.25. The lowest BCUT2D eigenvalue weighted by Crippen LogP contribution is -2.46. The van der Waals surface area contributed by atoms with Gasteiger partial charge in [-0.3, -0.25) is 4.79 Å². The molecule has 0 radical (unpaired) electrons. The molecule has 16 heavy (non-hydrogen) atoms. The van der Waals surface area contributed by atoms with Gasteiger partial charge in [-0.25, -0.2) is 0 Å². The normalized spacial score (nSPS) is 14.2. The van der Waals surface area contributed by atoms with Crippen LogP contribution in [0.4, 0.5) is 0 Å². The minimum atomic E-state index is -0.573. The Labute approximate surface area is 95.5 Å². The standard InChI is InChI=1S/C12H18N2O2/c1-9(8-15)14-12(16)11(13)7-10-5-3-2-4-6-10/h2-6,9,11,15H,7-8,13H2,1H3,(H,14,16)/t9-,11+/m1/s1. The quantitative estimate of drug-likeness (QED) is 0.659. The van der Waals surface area contributed by atoms with Crippen molar-refractivity contribution in [3.63, 3.8) is 0 Å². The largest absolute Gasteiger partial charge is 0.394 e.